The first-order valence-electron chi connectivity index (χ1n) is 11.2. The molecule has 0 unspecified atom stereocenters. The van der Waals surface area contributed by atoms with Crippen molar-refractivity contribution in [2.45, 2.75) is 63.3 Å². The van der Waals surface area contributed by atoms with Gasteiger partial charge in [0.2, 0.25) is 0 Å². The number of pyridine rings is 1. The Kier molecular flexibility index (Phi) is 5.12. The zero-order valence-corrected chi connectivity index (χ0v) is 18.4. The molecule has 166 valence electrons. The number of carbonyl (C=O) groups is 2. The summed E-state index contributed by atoms with van der Waals surface area (Å²) < 4.78 is 7.61. The molecule has 1 saturated carbocycles. The SMILES string of the molecule is CC1(C)OC(=O)N(C2CCC(NC(=O)c3cn4ccccc4n3)CC2)[C@@H]1c1ccccc1. The first kappa shape index (κ1) is 20.5. The van der Waals surface area contributed by atoms with Crippen LogP contribution in [-0.2, 0) is 4.74 Å². The van der Waals surface area contributed by atoms with Crippen molar-refractivity contribution in [1.29, 1.82) is 0 Å². The van der Waals surface area contributed by atoms with Crippen LogP contribution in [0, 0.1) is 0 Å². The fourth-order valence-electron chi connectivity index (χ4n) is 5.13. The van der Waals surface area contributed by atoms with Gasteiger partial charge >= 0.3 is 6.09 Å². The maximum Gasteiger partial charge on any atom is 0.411 e. The van der Waals surface area contributed by atoms with Gasteiger partial charge < -0.3 is 14.5 Å². The Morgan fingerprint density at radius 2 is 1.78 bits per heavy atom. The van der Waals surface area contributed by atoms with E-state index in [9.17, 15) is 9.59 Å². The third-order valence-electron chi connectivity index (χ3n) is 6.64. The number of rotatable bonds is 4. The molecule has 1 saturated heterocycles. The van der Waals surface area contributed by atoms with E-state index in [1.807, 2.05) is 65.7 Å². The molecule has 1 N–H and O–H groups in total. The van der Waals surface area contributed by atoms with E-state index < -0.39 is 5.60 Å². The third-order valence-corrected chi connectivity index (χ3v) is 6.64. The van der Waals surface area contributed by atoms with Gasteiger partial charge in [0, 0.05) is 24.5 Å². The van der Waals surface area contributed by atoms with Crippen molar-refractivity contribution < 1.29 is 14.3 Å². The topological polar surface area (TPSA) is 75.9 Å². The number of benzene rings is 1. The summed E-state index contributed by atoms with van der Waals surface area (Å²) in [5.74, 6) is -0.152. The number of imidazole rings is 1. The van der Waals surface area contributed by atoms with Crippen LogP contribution in [0.5, 0.6) is 0 Å². The summed E-state index contributed by atoms with van der Waals surface area (Å²) in [5.41, 5.74) is 1.67. The minimum Gasteiger partial charge on any atom is -0.441 e. The molecule has 2 aliphatic rings. The second kappa shape index (κ2) is 7.97. The maximum atomic E-state index is 12.8. The smallest absolute Gasteiger partial charge is 0.411 e. The number of nitrogens with zero attached hydrogens (tertiary/aromatic N) is 3. The fourth-order valence-corrected chi connectivity index (χ4v) is 5.13. The summed E-state index contributed by atoms with van der Waals surface area (Å²) >= 11 is 0. The van der Waals surface area contributed by atoms with Crippen LogP contribution in [0.3, 0.4) is 0 Å². The molecule has 32 heavy (non-hydrogen) atoms. The molecule has 1 aliphatic heterocycles. The van der Waals surface area contributed by atoms with Crippen LogP contribution < -0.4 is 5.32 Å². The zero-order chi connectivity index (χ0) is 22.3. The highest BCUT2D eigenvalue weighted by Gasteiger charge is 2.51. The number of aromatic nitrogens is 2. The molecule has 0 spiro atoms. The average molecular weight is 433 g/mol. The van der Waals surface area contributed by atoms with E-state index in [1.165, 1.54) is 0 Å². The van der Waals surface area contributed by atoms with Crippen molar-refractivity contribution in [3.63, 3.8) is 0 Å². The average Bonchev–Trinajstić information content (AvgIpc) is 3.32. The molecule has 2 fully saturated rings. The summed E-state index contributed by atoms with van der Waals surface area (Å²) in [6.45, 7) is 3.95. The van der Waals surface area contributed by atoms with E-state index in [2.05, 4.69) is 22.4 Å². The first-order valence-corrected chi connectivity index (χ1v) is 11.2. The van der Waals surface area contributed by atoms with Crippen LogP contribution in [0.4, 0.5) is 4.79 Å². The molecule has 0 radical (unpaired) electrons. The number of amides is 2. The summed E-state index contributed by atoms with van der Waals surface area (Å²) in [6, 6.07) is 15.8. The van der Waals surface area contributed by atoms with Crippen molar-refractivity contribution in [2.75, 3.05) is 0 Å². The molecule has 5 rings (SSSR count). The zero-order valence-electron chi connectivity index (χ0n) is 18.4. The molecular weight excluding hydrogens is 404 g/mol. The minimum absolute atomic E-state index is 0.0744. The predicted molar refractivity (Wildman–Crippen MR) is 120 cm³/mol. The van der Waals surface area contributed by atoms with Gasteiger partial charge in [0.25, 0.3) is 5.91 Å². The minimum atomic E-state index is -0.591. The van der Waals surface area contributed by atoms with Gasteiger partial charge in [-0.3, -0.25) is 9.69 Å². The van der Waals surface area contributed by atoms with Gasteiger partial charge in [-0.25, -0.2) is 9.78 Å². The standard InChI is InChI=1S/C25H28N4O3/c1-25(2)22(17-8-4-3-5-9-17)29(24(31)32-25)19-13-11-18(12-14-19)26-23(30)20-16-28-15-7-6-10-21(28)27-20/h3-10,15-16,18-19,22H,11-14H2,1-2H3,(H,26,30)/t18?,19?,22-/m1/s1. The number of fused-ring (bicyclic) bond motifs is 1. The fraction of sp³-hybridized carbons (Fsp3) is 0.400. The van der Waals surface area contributed by atoms with Gasteiger partial charge in [-0.15, -0.1) is 0 Å². The lowest BCUT2D eigenvalue weighted by atomic mass is 9.86. The molecule has 0 bridgehead atoms. The molecule has 1 aliphatic carbocycles. The van der Waals surface area contributed by atoms with Crippen molar-refractivity contribution in [1.82, 2.24) is 19.6 Å². The Bertz CT molecular complexity index is 1100. The normalized spacial score (nSPS) is 25.0. The van der Waals surface area contributed by atoms with Gasteiger partial charge in [-0.2, -0.15) is 0 Å². The van der Waals surface area contributed by atoms with E-state index in [0.717, 1.165) is 36.9 Å². The van der Waals surface area contributed by atoms with E-state index in [0.29, 0.717) is 5.69 Å². The van der Waals surface area contributed by atoms with Crippen LogP contribution in [0.1, 0.15) is 61.6 Å². The number of nitrogens with one attached hydrogen (secondary N) is 1. The summed E-state index contributed by atoms with van der Waals surface area (Å²) in [5, 5.41) is 3.13. The molecule has 7 heteroatoms. The number of hydrogen-bond donors (Lipinski definition) is 1. The summed E-state index contributed by atoms with van der Waals surface area (Å²) in [4.78, 5) is 31.9. The first-order chi connectivity index (χ1) is 15.4. The molecule has 2 aromatic heterocycles. The van der Waals surface area contributed by atoms with E-state index in [-0.39, 0.29) is 30.1 Å². The van der Waals surface area contributed by atoms with Gasteiger partial charge in [0.05, 0.1) is 6.04 Å². The Hall–Kier alpha value is -3.35. The van der Waals surface area contributed by atoms with Crippen LogP contribution in [0.15, 0.2) is 60.9 Å². The van der Waals surface area contributed by atoms with Crippen LogP contribution in [0.2, 0.25) is 0 Å². The molecule has 1 aromatic carbocycles. The van der Waals surface area contributed by atoms with E-state index in [1.54, 1.807) is 6.20 Å². The molecule has 2 amide bonds. The molecule has 7 nitrogen and oxygen atoms in total. The lowest BCUT2D eigenvalue weighted by Gasteiger charge is -2.38. The number of ether oxygens (including phenoxy) is 1. The Morgan fingerprint density at radius 3 is 2.50 bits per heavy atom. The monoisotopic (exact) mass is 432 g/mol. The van der Waals surface area contributed by atoms with Crippen molar-refractivity contribution in [2.24, 2.45) is 0 Å². The van der Waals surface area contributed by atoms with Crippen molar-refractivity contribution in [3.8, 4) is 0 Å². The Morgan fingerprint density at radius 1 is 1.06 bits per heavy atom. The lowest BCUT2D eigenvalue weighted by Crippen LogP contribution is -2.46. The van der Waals surface area contributed by atoms with Crippen molar-refractivity contribution in [3.05, 3.63) is 72.2 Å². The van der Waals surface area contributed by atoms with Gasteiger partial charge in [0.15, 0.2) is 0 Å². The highest BCUT2D eigenvalue weighted by Crippen LogP contribution is 2.44. The van der Waals surface area contributed by atoms with Crippen LogP contribution in [-0.4, -0.2) is 44.0 Å². The van der Waals surface area contributed by atoms with Crippen molar-refractivity contribution >= 4 is 17.6 Å². The maximum absolute atomic E-state index is 12.8. The summed E-state index contributed by atoms with van der Waals surface area (Å²) in [6.07, 6.45) is 6.66. The van der Waals surface area contributed by atoms with Crippen LogP contribution >= 0.6 is 0 Å². The molecule has 3 aromatic rings. The lowest BCUT2D eigenvalue weighted by molar-refractivity contribution is 0.0663. The predicted octanol–water partition coefficient (Wildman–Crippen LogP) is 4.35. The largest absolute Gasteiger partial charge is 0.441 e. The van der Waals surface area contributed by atoms with E-state index in [4.69, 9.17) is 4.74 Å². The quantitative estimate of drug-likeness (QED) is 0.665. The van der Waals surface area contributed by atoms with E-state index >= 15 is 0 Å². The molecule has 3 heterocycles. The number of cyclic esters (lactones) is 1. The highest BCUT2D eigenvalue weighted by molar-refractivity contribution is 5.93. The van der Waals surface area contributed by atoms with Crippen LogP contribution in [0.25, 0.3) is 5.65 Å². The second-order valence-electron chi connectivity index (χ2n) is 9.26. The molecule has 1 atom stereocenters. The second-order valence-corrected chi connectivity index (χ2v) is 9.26. The molecular formula is C25H28N4O3. The number of hydrogen-bond acceptors (Lipinski definition) is 4. The Labute approximate surface area is 187 Å². The van der Waals surface area contributed by atoms with Gasteiger partial charge in [-0.1, -0.05) is 36.4 Å². The van der Waals surface area contributed by atoms with Gasteiger partial charge in [0.1, 0.15) is 16.9 Å². The van der Waals surface area contributed by atoms with Gasteiger partial charge in [-0.05, 0) is 57.2 Å². The highest BCUT2D eigenvalue weighted by atomic mass is 16.6. The Balaban J connectivity index is 1.25. The third kappa shape index (κ3) is 3.72. The summed E-state index contributed by atoms with van der Waals surface area (Å²) in [7, 11) is 0. The number of carbonyl (C=O) groups excluding carboxylic acids is 2.